The van der Waals surface area contributed by atoms with Crippen LogP contribution in [-0.4, -0.2) is 47.7 Å². The molecular weight excluding hydrogens is 442 g/mol. The summed E-state index contributed by atoms with van der Waals surface area (Å²) >= 11 is 0. The fourth-order valence-electron chi connectivity index (χ4n) is 4.03. The fraction of sp³-hybridized carbons (Fsp3) is 0.478. The lowest BCUT2D eigenvalue weighted by Crippen LogP contribution is -2.47. The number of rotatable bonds is 7. The Bertz CT molecular complexity index is 972. The largest absolute Gasteiger partial charge is 0.418 e. The lowest BCUT2D eigenvalue weighted by atomic mass is 9.79. The Kier molecular flexibility index (Phi) is 7.28. The van der Waals surface area contributed by atoms with Gasteiger partial charge in [-0.15, -0.1) is 0 Å². The molecule has 0 spiro atoms. The zero-order valence-electron chi connectivity index (χ0n) is 18.5. The van der Waals surface area contributed by atoms with E-state index >= 15 is 0 Å². The van der Waals surface area contributed by atoms with Crippen molar-refractivity contribution in [2.24, 2.45) is 5.41 Å². The van der Waals surface area contributed by atoms with E-state index in [-0.39, 0.29) is 11.5 Å². The number of aliphatic hydroxyl groups excluding tert-OH is 1. The molecule has 1 N–H and O–H groups in total. The summed E-state index contributed by atoms with van der Waals surface area (Å²) in [5, 5.41) is 21.6. The summed E-state index contributed by atoms with van der Waals surface area (Å²) in [4.78, 5) is 13.8. The van der Waals surface area contributed by atoms with Crippen molar-refractivity contribution in [3.63, 3.8) is 0 Å². The summed E-state index contributed by atoms with van der Waals surface area (Å²) in [5.41, 5.74) is -1.51. The Hall–Kier alpha value is -2.72. The van der Waals surface area contributed by atoms with Crippen LogP contribution in [0.4, 0.5) is 28.9 Å². The minimum absolute atomic E-state index is 0.0557. The molecule has 1 heterocycles. The van der Waals surface area contributed by atoms with Crippen molar-refractivity contribution in [3.8, 4) is 0 Å². The van der Waals surface area contributed by atoms with Crippen LogP contribution < -0.4 is 4.90 Å². The van der Waals surface area contributed by atoms with Gasteiger partial charge in [-0.05, 0) is 42.1 Å². The summed E-state index contributed by atoms with van der Waals surface area (Å²) in [6.45, 7) is 6.23. The first-order valence-corrected chi connectivity index (χ1v) is 10.6. The number of hydrogen-bond donors (Lipinski definition) is 1. The average molecular weight is 469 g/mol. The second-order valence-corrected chi connectivity index (χ2v) is 8.98. The first-order valence-electron chi connectivity index (χ1n) is 10.6. The van der Waals surface area contributed by atoms with Gasteiger partial charge in [0.2, 0.25) is 0 Å². The molecule has 2 aromatic carbocycles. The van der Waals surface area contributed by atoms with Crippen molar-refractivity contribution in [2.45, 2.75) is 32.5 Å². The normalized spacial score (nSPS) is 16.6. The Balaban J connectivity index is 1.61. The highest BCUT2D eigenvalue weighted by molar-refractivity contribution is 5.59. The molecule has 2 aromatic rings. The lowest BCUT2D eigenvalue weighted by Gasteiger charge is -2.39. The highest BCUT2D eigenvalue weighted by Gasteiger charge is 2.37. The number of nitrogens with zero attached hydrogens (tertiary/aromatic N) is 3. The van der Waals surface area contributed by atoms with E-state index in [4.69, 9.17) is 0 Å². The number of non-ortho nitro benzene ring substituents is 1. The van der Waals surface area contributed by atoms with Crippen LogP contribution in [0.25, 0.3) is 0 Å². The lowest BCUT2D eigenvalue weighted by molar-refractivity contribution is -0.385. The summed E-state index contributed by atoms with van der Waals surface area (Å²) in [5.74, 6) is -0.372. The molecule has 3 rings (SSSR count). The van der Waals surface area contributed by atoms with Gasteiger partial charge in [0.15, 0.2) is 0 Å². The summed E-state index contributed by atoms with van der Waals surface area (Å²) < 4.78 is 53.7. The predicted molar refractivity (Wildman–Crippen MR) is 117 cm³/mol. The number of nitro benzene ring substituents is 1. The van der Waals surface area contributed by atoms with Gasteiger partial charge >= 0.3 is 6.18 Å². The summed E-state index contributed by atoms with van der Waals surface area (Å²) in [6, 6.07) is 8.57. The molecular formula is C23H27F4N3O3. The van der Waals surface area contributed by atoms with Gasteiger partial charge in [-0.3, -0.25) is 15.0 Å². The second kappa shape index (κ2) is 9.64. The maximum atomic E-state index is 13.5. The Labute approximate surface area is 189 Å². The second-order valence-electron chi connectivity index (χ2n) is 8.98. The number of halogens is 4. The van der Waals surface area contributed by atoms with Crippen LogP contribution in [-0.2, 0) is 6.18 Å². The zero-order valence-corrected chi connectivity index (χ0v) is 18.5. The first-order chi connectivity index (χ1) is 15.4. The number of aliphatic hydroxyl groups is 1. The molecule has 1 atom stereocenters. The van der Waals surface area contributed by atoms with Crippen LogP contribution in [0.1, 0.15) is 37.5 Å². The van der Waals surface area contributed by atoms with Gasteiger partial charge in [-0.2, -0.15) is 13.2 Å². The van der Waals surface area contributed by atoms with Gasteiger partial charge in [0.1, 0.15) is 5.82 Å². The fourth-order valence-corrected chi connectivity index (χ4v) is 4.03. The van der Waals surface area contributed by atoms with Crippen LogP contribution in [0.3, 0.4) is 0 Å². The summed E-state index contributed by atoms with van der Waals surface area (Å²) in [6.07, 6.45) is -4.84. The molecule has 6 nitrogen and oxygen atoms in total. The minimum Gasteiger partial charge on any atom is -0.388 e. The topological polar surface area (TPSA) is 69.9 Å². The quantitative estimate of drug-likeness (QED) is 0.350. The van der Waals surface area contributed by atoms with E-state index in [2.05, 4.69) is 4.90 Å². The molecule has 0 radical (unpaired) electrons. The van der Waals surface area contributed by atoms with Crippen molar-refractivity contribution in [1.29, 1.82) is 0 Å². The van der Waals surface area contributed by atoms with Gasteiger partial charge in [-0.25, -0.2) is 4.39 Å². The van der Waals surface area contributed by atoms with E-state index in [1.807, 2.05) is 13.8 Å². The van der Waals surface area contributed by atoms with Crippen LogP contribution in [0.15, 0.2) is 42.5 Å². The molecule has 1 aliphatic rings. The number of alkyl halides is 3. The van der Waals surface area contributed by atoms with E-state index < -0.39 is 33.9 Å². The third-order valence-corrected chi connectivity index (χ3v) is 6.21. The molecule has 0 aliphatic carbocycles. The predicted octanol–water partition coefficient (Wildman–Crippen LogP) is 5.02. The van der Waals surface area contributed by atoms with Crippen molar-refractivity contribution in [1.82, 2.24) is 4.90 Å². The van der Waals surface area contributed by atoms with Crippen molar-refractivity contribution in [2.75, 3.05) is 37.6 Å². The Morgan fingerprint density at radius 1 is 1.06 bits per heavy atom. The number of hydrogen-bond acceptors (Lipinski definition) is 5. The number of benzene rings is 2. The molecule has 10 heteroatoms. The maximum absolute atomic E-state index is 13.5. The molecule has 33 heavy (non-hydrogen) atoms. The minimum atomic E-state index is -4.70. The van der Waals surface area contributed by atoms with E-state index in [1.54, 1.807) is 17.0 Å². The molecule has 1 unspecified atom stereocenters. The number of piperazine rings is 1. The molecule has 1 aliphatic heterocycles. The van der Waals surface area contributed by atoms with Crippen molar-refractivity contribution >= 4 is 11.4 Å². The van der Waals surface area contributed by atoms with Crippen LogP contribution in [0.2, 0.25) is 0 Å². The van der Waals surface area contributed by atoms with E-state index in [0.717, 1.165) is 6.07 Å². The standard InChI is InChI=1S/C23H27F4N3O3/c1-22(2,21(31)16-3-5-17(24)6-4-16)9-10-28-11-13-29(14-12-28)20-8-7-18(30(32)33)15-19(20)23(25,26)27/h3-8,15,21,31H,9-14H2,1-2H3. The Morgan fingerprint density at radius 3 is 2.21 bits per heavy atom. The van der Waals surface area contributed by atoms with E-state index in [9.17, 15) is 32.8 Å². The smallest absolute Gasteiger partial charge is 0.388 e. The van der Waals surface area contributed by atoms with Gasteiger partial charge in [0, 0.05) is 44.0 Å². The van der Waals surface area contributed by atoms with Crippen LogP contribution in [0.5, 0.6) is 0 Å². The van der Waals surface area contributed by atoms with Crippen molar-refractivity contribution < 1.29 is 27.6 Å². The highest BCUT2D eigenvalue weighted by atomic mass is 19.4. The molecule has 0 amide bonds. The monoisotopic (exact) mass is 469 g/mol. The molecule has 180 valence electrons. The third kappa shape index (κ3) is 6.00. The molecule has 0 aromatic heterocycles. The van der Waals surface area contributed by atoms with E-state index in [1.165, 1.54) is 18.2 Å². The van der Waals surface area contributed by atoms with Crippen LogP contribution >= 0.6 is 0 Å². The van der Waals surface area contributed by atoms with Crippen molar-refractivity contribution in [3.05, 3.63) is 69.5 Å². The average Bonchev–Trinajstić information content (AvgIpc) is 2.77. The van der Waals surface area contributed by atoms with Gasteiger partial charge in [-0.1, -0.05) is 26.0 Å². The molecule has 1 saturated heterocycles. The summed E-state index contributed by atoms with van der Waals surface area (Å²) in [7, 11) is 0. The maximum Gasteiger partial charge on any atom is 0.418 e. The Morgan fingerprint density at radius 2 is 1.67 bits per heavy atom. The zero-order chi connectivity index (χ0) is 24.4. The number of nitro groups is 1. The molecule has 1 fully saturated rings. The van der Waals surface area contributed by atoms with E-state index in [0.29, 0.717) is 50.8 Å². The first kappa shape index (κ1) is 24.9. The van der Waals surface area contributed by atoms with Gasteiger partial charge < -0.3 is 10.0 Å². The van der Waals surface area contributed by atoms with Crippen LogP contribution in [0, 0.1) is 21.3 Å². The third-order valence-electron chi connectivity index (χ3n) is 6.21. The van der Waals surface area contributed by atoms with Gasteiger partial charge in [0.25, 0.3) is 5.69 Å². The molecule has 0 saturated carbocycles. The number of anilines is 1. The SMILES string of the molecule is CC(C)(CCN1CCN(c2ccc([N+](=O)[O-])cc2C(F)(F)F)CC1)C(O)c1ccc(F)cc1. The molecule has 0 bridgehead atoms. The highest BCUT2D eigenvalue weighted by Crippen LogP contribution is 2.40. The van der Waals surface area contributed by atoms with Gasteiger partial charge in [0.05, 0.1) is 16.6 Å².